The van der Waals surface area contributed by atoms with Crippen molar-refractivity contribution in [3.63, 3.8) is 0 Å². The number of aliphatic hydroxyl groups is 1. The molecule has 0 aromatic rings. The zero-order valence-electron chi connectivity index (χ0n) is 7.28. The fourth-order valence-electron chi connectivity index (χ4n) is 0.200. The van der Waals surface area contributed by atoms with Gasteiger partial charge in [0, 0.05) is 12.5 Å². The molecule has 0 rings (SSSR count). The highest BCUT2D eigenvalue weighted by Gasteiger charge is 2.20. The third kappa shape index (κ3) is 10.0. The molecule has 4 nitrogen and oxygen atoms in total. The molecule has 7 heteroatoms. The van der Waals surface area contributed by atoms with E-state index in [0.29, 0.717) is 6.61 Å². The summed E-state index contributed by atoms with van der Waals surface area (Å²) in [7, 11) is -4.27. The van der Waals surface area contributed by atoms with Gasteiger partial charge in [-0.1, -0.05) is 6.92 Å². The van der Waals surface area contributed by atoms with Crippen molar-refractivity contribution < 1.29 is 22.5 Å². The van der Waals surface area contributed by atoms with Crippen molar-refractivity contribution in [1.29, 1.82) is 0 Å². The summed E-state index contributed by atoms with van der Waals surface area (Å²) in [5.74, 6) is -0.421. The van der Waals surface area contributed by atoms with Gasteiger partial charge in [-0.25, -0.2) is 4.39 Å². The van der Waals surface area contributed by atoms with Gasteiger partial charge in [-0.05, 0) is 6.42 Å². The molecule has 0 aromatic heterocycles. The molecule has 0 heterocycles. The van der Waals surface area contributed by atoms with Crippen molar-refractivity contribution in [2.75, 3.05) is 19.2 Å². The molecule has 0 bridgehead atoms. The van der Waals surface area contributed by atoms with Gasteiger partial charge in [0.2, 0.25) is 0 Å². The van der Waals surface area contributed by atoms with Crippen molar-refractivity contribution in [2.45, 2.75) is 18.6 Å². The molecule has 1 unspecified atom stereocenters. The van der Waals surface area contributed by atoms with Crippen molar-refractivity contribution >= 4 is 21.7 Å². The topological polar surface area (TPSA) is 74.6 Å². The van der Waals surface area contributed by atoms with Crippen LogP contribution in [0.1, 0.15) is 13.3 Å². The summed E-state index contributed by atoms with van der Waals surface area (Å²) in [6.07, 6.45) is 0.875. The molecule has 0 saturated heterocycles. The Morgan fingerprint density at radius 3 is 1.92 bits per heavy atom. The quantitative estimate of drug-likeness (QED) is 0.560. The number of rotatable bonds is 4. The minimum Gasteiger partial charge on any atom is -0.396 e. The van der Waals surface area contributed by atoms with E-state index >= 15 is 0 Å². The average Bonchev–Trinajstić information content (AvgIpc) is 2.05. The van der Waals surface area contributed by atoms with Crippen LogP contribution in [0.3, 0.4) is 0 Å². The van der Waals surface area contributed by atoms with Crippen molar-refractivity contribution in [2.24, 2.45) is 0 Å². The highest BCUT2D eigenvalue weighted by molar-refractivity contribution is 7.86. The Bertz CT molecular complexity index is 189. The van der Waals surface area contributed by atoms with E-state index in [4.69, 9.17) is 21.3 Å². The maximum Gasteiger partial charge on any atom is 0.271 e. The number of alkyl halides is 2. The van der Waals surface area contributed by atoms with Gasteiger partial charge in [0.05, 0.1) is 0 Å². The molecule has 0 spiro atoms. The van der Waals surface area contributed by atoms with Crippen LogP contribution in [-0.4, -0.2) is 42.5 Å². The van der Waals surface area contributed by atoms with Crippen LogP contribution in [0.15, 0.2) is 0 Å². The lowest BCUT2D eigenvalue weighted by Crippen LogP contribution is -2.24. The van der Waals surface area contributed by atoms with Crippen molar-refractivity contribution in [3.05, 3.63) is 0 Å². The largest absolute Gasteiger partial charge is 0.396 e. The first-order valence-corrected chi connectivity index (χ1v) is 5.66. The van der Waals surface area contributed by atoms with E-state index in [1.165, 1.54) is 0 Å². The second-order valence-corrected chi connectivity index (χ2v) is 4.17. The van der Waals surface area contributed by atoms with Gasteiger partial charge < -0.3 is 5.11 Å². The number of hydrogen-bond acceptors (Lipinski definition) is 3. The first-order chi connectivity index (χ1) is 5.93. The minimum atomic E-state index is -4.27. The maximum atomic E-state index is 11.5. The second kappa shape index (κ2) is 8.68. The predicted molar refractivity (Wildman–Crippen MR) is 49.4 cm³/mol. The molecule has 0 aliphatic carbocycles. The standard InChI is InChI=1S/C3H6ClFO3S.C3H8O/c4-1-3(2-5)9(6,7)8;1-2-3-4/h3H,1-2H2,(H,6,7,8);4H,2-3H2,1H3. The molecule has 0 amide bonds. The van der Waals surface area contributed by atoms with Crippen LogP contribution in [-0.2, 0) is 10.1 Å². The van der Waals surface area contributed by atoms with Gasteiger partial charge in [0.25, 0.3) is 10.1 Å². The molecule has 0 radical (unpaired) electrons. The van der Waals surface area contributed by atoms with E-state index in [0.717, 1.165) is 6.42 Å². The molecule has 82 valence electrons. The molecule has 0 aliphatic heterocycles. The molecule has 2 N–H and O–H groups in total. The smallest absolute Gasteiger partial charge is 0.271 e. The summed E-state index contributed by atoms with van der Waals surface area (Å²) in [4.78, 5) is 0. The fraction of sp³-hybridized carbons (Fsp3) is 1.00. The third-order valence-electron chi connectivity index (χ3n) is 0.989. The number of hydrogen-bond donors (Lipinski definition) is 2. The van der Waals surface area contributed by atoms with Gasteiger partial charge in [-0.15, -0.1) is 11.6 Å². The lowest BCUT2D eigenvalue weighted by atomic mass is 10.5. The zero-order chi connectivity index (χ0) is 10.9. The van der Waals surface area contributed by atoms with Crippen molar-refractivity contribution in [1.82, 2.24) is 0 Å². The van der Waals surface area contributed by atoms with Crippen LogP contribution in [0.25, 0.3) is 0 Å². The fourth-order valence-corrected chi connectivity index (χ4v) is 1.08. The Kier molecular flexibility index (Phi) is 10.4. The lowest BCUT2D eigenvalue weighted by molar-refractivity contribution is 0.295. The molecule has 1 atom stereocenters. The summed E-state index contributed by atoms with van der Waals surface area (Å²) < 4.78 is 39.7. The second-order valence-electron chi connectivity index (χ2n) is 2.17. The monoisotopic (exact) mass is 236 g/mol. The zero-order valence-corrected chi connectivity index (χ0v) is 8.85. The van der Waals surface area contributed by atoms with Gasteiger partial charge in [0.15, 0.2) is 0 Å². The summed E-state index contributed by atoms with van der Waals surface area (Å²) in [5.41, 5.74) is 0. The summed E-state index contributed by atoms with van der Waals surface area (Å²) in [5, 5.41) is 6.40. The molecule has 13 heavy (non-hydrogen) atoms. The Morgan fingerprint density at radius 1 is 1.54 bits per heavy atom. The van der Waals surface area contributed by atoms with Gasteiger partial charge in [0.1, 0.15) is 11.9 Å². The van der Waals surface area contributed by atoms with Gasteiger partial charge in [-0.3, -0.25) is 4.55 Å². The number of aliphatic hydroxyl groups excluding tert-OH is 1. The highest BCUT2D eigenvalue weighted by atomic mass is 35.5. The molecule has 0 fully saturated rings. The predicted octanol–water partition coefficient (Wildman–Crippen LogP) is 0.840. The summed E-state index contributed by atoms with van der Waals surface area (Å²) in [6, 6.07) is 0. The van der Waals surface area contributed by atoms with E-state index < -0.39 is 27.9 Å². The maximum absolute atomic E-state index is 11.5. The van der Waals surface area contributed by atoms with Crippen molar-refractivity contribution in [3.8, 4) is 0 Å². The third-order valence-corrected chi connectivity index (χ3v) is 2.68. The Morgan fingerprint density at radius 2 is 1.92 bits per heavy atom. The highest BCUT2D eigenvalue weighted by Crippen LogP contribution is 2.01. The first kappa shape index (κ1) is 15.6. The number of halogens is 2. The SMILES string of the molecule is CCCO.O=S(=O)(O)C(CF)CCl. The van der Waals surface area contributed by atoms with Crippen LogP contribution in [0.4, 0.5) is 4.39 Å². The Balaban J connectivity index is 0. The average molecular weight is 237 g/mol. The van der Waals surface area contributed by atoms with E-state index in [1.807, 2.05) is 6.92 Å². The van der Waals surface area contributed by atoms with E-state index in [9.17, 15) is 12.8 Å². The van der Waals surface area contributed by atoms with Crippen LogP contribution >= 0.6 is 11.6 Å². The Labute approximate surface area is 82.5 Å². The molecule has 0 aromatic carbocycles. The summed E-state index contributed by atoms with van der Waals surface area (Å²) in [6.45, 7) is 1.10. The van der Waals surface area contributed by atoms with Gasteiger partial charge in [-0.2, -0.15) is 8.42 Å². The normalized spacial score (nSPS) is 13.0. The summed E-state index contributed by atoms with van der Waals surface area (Å²) >= 11 is 4.97. The molecular formula is C6H14ClFO4S. The van der Waals surface area contributed by atoms with Crippen LogP contribution in [0, 0.1) is 0 Å². The minimum absolute atomic E-state index is 0.319. The molecule has 0 saturated carbocycles. The Hall–Kier alpha value is 0.0900. The van der Waals surface area contributed by atoms with Gasteiger partial charge >= 0.3 is 0 Å². The van der Waals surface area contributed by atoms with Crippen LogP contribution in [0.2, 0.25) is 0 Å². The molecule has 0 aliphatic rings. The van der Waals surface area contributed by atoms with Crippen LogP contribution < -0.4 is 0 Å². The van der Waals surface area contributed by atoms with E-state index in [2.05, 4.69) is 0 Å². The lowest BCUT2D eigenvalue weighted by Gasteiger charge is -2.02. The van der Waals surface area contributed by atoms with E-state index in [1.54, 1.807) is 0 Å². The van der Waals surface area contributed by atoms with E-state index in [-0.39, 0.29) is 0 Å². The van der Waals surface area contributed by atoms with Crippen LogP contribution in [0.5, 0.6) is 0 Å². The first-order valence-electron chi connectivity index (χ1n) is 3.63. The molecular weight excluding hydrogens is 223 g/mol.